The van der Waals surface area contributed by atoms with Crippen LogP contribution in [-0.2, 0) is 11.3 Å². The van der Waals surface area contributed by atoms with Crippen LogP contribution in [0.5, 0.6) is 5.75 Å². The van der Waals surface area contributed by atoms with E-state index in [0.717, 1.165) is 0 Å². The molecule has 98 valence electrons. The van der Waals surface area contributed by atoms with E-state index >= 15 is 0 Å². The number of ether oxygens (including phenoxy) is 1. The van der Waals surface area contributed by atoms with Gasteiger partial charge in [-0.25, -0.2) is 8.78 Å². The van der Waals surface area contributed by atoms with Gasteiger partial charge in [0.1, 0.15) is 12.2 Å². The molecule has 1 rings (SSSR count). The summed E-state index contributed by atoms with van der Waals surface area (Å²) in [6, 6.07) is 5.78. The van der Waals surface area contributed by atoms with Crippen molar-refractivity contribution in [1.82, 2.24) is 0 Å². The lowest BCUT2D eigenvalue weighted by molar-refractivity contribution is 0.000784. The van der Waals surface area contributed by atoms with Gasteiger partial charge in [-0.15, -0.1) is 0 Å². The lowest BCUT2D eigenvalue weighted by Gasteiger charge is -2.24. The van der Waals surface area contributed by atoms with Crippen LogP contribution in [0.2, 0.25) is 0 Å². The third kappa shape index (κ3) is 2.98. The number of nitrogens with zero attached hydrogens (tertiary/aromatic N) is 1. The van der Waals surface area contributed by atoms with Crippen molar-refractivity contribution in [3.05, 3.63) is 29.3 Å². The van der Waals surface area contributed by atoms with Crippen LogP contribution in [0.4, 0.5) is 8.78 Å². The number of benzene rings is 1. The Morgan fingerprint density at radius 1 is 1.28 bits per heavy atom. The lowest BCUT2D eigenvalue weighted by atomic mass is 9.84. The molecule has 0 N–H and O–H groups in total. The highest BCUT2D eigenvalue weighted by Crippen LogP contribution is 2.38. The quantitative estimate of drug-likeness (QED) is 0.815. The third-order valence-corrected chi connectivity index (χ3v) is 2.73. The maximum Gasteiger partial charge on any atom is 0.286 e. The van der Waals surface area contributed by atoms with Crippen LogP contribution in [0.15, 0.2) is 18.2 Å². The average molecular weight is 253 g/mol. The summed E-state index contributed by atoms with van der Waals surface area (Å²) >= 11 is 0. The van der Waals surface area contributed by atoms with E-state index in [1.165, 1.54) is 31.4 Å². The number of methoxy groups -OCH3 is 1. The zero-order valence-corrected chi connectivity index (χ0v) is 11.1. The minimum atomic E-state index is -3.12. The fourth-order valence-electron chi connectivity index (χ4n) is 1.72. The van der Waals surface area contributed by atoms with Gasteiger partial charge in [-0.05, 0) is 29.2 Å². The van der Waals surface area contributed by atoms with Crippen LogP contribution < -0.4 is 4.74 Å². The van der Waals surface area contributed by atoms with E-state index in [0.29, 0.717) is 11.3 Å². The topological polar surface area (TPSA) is 33.0 Å². The molecule has 18 heavy (non-hydrogen) atoms. The van der Waals surface area contributed by atoms with E-state index in [-0.39, 0.29) is 11.0 Å². The van der Waals surface area contributed by atoms with E-state index in [9.17, 15) is 8.78 Å². The number of nitriles is 1. The first-order valence-corrected chi connectivity index (χ1v) is 5.66. The Morgan fingerprint density at radius 2 is 1.89 bits per heavy atom. The second-order valence-corrected chi connectivity index (χ2v) is 5.20. The SMILES string of the molecule is COc1ccc(C(F)(F)CC#N)cc1C(C)(C)C. The number of hydrogen-bond acceptors (Lipinski definition) is 2. The van der Waals surface area contributed by atoms with Gasteiger partial charge in [0.15, 0.2) is 0 Å². The molecule has 0 amide bonds. The van der Waals surface area contributed by atoms with Crippen LogP contribution in [-0.4, -0.2) is 7.11 Å². The summed E-state index contributed by atoms with van der Waals surface area (Å²) in [6.07, 6.45) is -0.817. The molecule has 0 atom stereocenters. The molecule has 0 aliphatic carbocycles. The molecule has 1 aromatic carbocycles. The summed E-state index contributed by atoms with van der Waals surface area (Å²) in [5, 5.41) is 8.44. The van der Waals surface area contributed by atoms with Gasteiger partial charge in [-0.1, -0.05) is 20.8 Å². The molecule has 0 heterocycles. The molecule has 0 aliphatic heterocycles. The highest BCUT2D eigenvalue weighted by molar-refractivity contribution is 5.43. The van der Waals surface area contributed by atoms with Crippen LogP contribution in [0.1, 0.15) is 38.3 Å². The molecule has 0 saturated carbocycles. The summed E-state index contributed by atoms with van der Waals surface area (Å²) in [5.74, 6) is -2.54. The average Bonchev–Trinajstić information content (AvgIpc) is 2.27. The fraction of sp³-hybridized carbons (Fsp3) is 0.500. The molecule has 2 nitrogen and oxygen atoms in total. The summed E-state index contributed by atoms with van der Waals surface area (Å²) in [4.78, 5) is 0. The normalized spacial score (nSPS) is 12.1. The predicted molar refractivity (Wildman–Crippen MR) is 65.8 cm³/mol. The standard InChI is InChI=1S/C14H17F2NO/c1-13(2,3)11-9-10(5-6-12(11)18-4)14(15,16)7-8-17/h5-6,9H,7H2,1-4H3. The van der Waals surface area contributed by atoms with Gasteiger partial charge in [-0.3, -0.25) is 0 Å². The van der Waals surface area contributed by atoms with Crippen molar-refractivity contribution in [2.24, 2.45) is 0 Å². The maximum atomic E-state index is 13.7. The van der Waals surface area contributed by atoms with Crippen LogP contribution in [0.25, 0.3) is 0 Å². The lowest BCUT2D eigenvalue weighted by Crippen LogP contribution is -2.17. The Hall–Kier alpha value is -1.63. The number of halogens is 2. The number of hydrogen-bond donors (Lipinski definition) is 0. The largest absolute Gasteiger partial charge is 0.496 e. The van der Waals surface area contributed by atoms with Gasteiger partial charge in [0.05, 0.1) is 13.2 Å². The van der Waals surface area contributed by atoms with Crippen molar-refractivity contribution in [3.63, 3.8) is 0 Å². The number of rotatable bonds is 3. The van der Waals surface area contributed by atoms with Gasteiger partial charge in [0.2, 0.25) is 0 Å². The predicted octanol–water partition coefficient (Wildman–Crippen LogP) is 4.00. The van der Waals surface area contributed by atoms with Crippen LogP contribution in [0, 0.1) is 11.3 Å². The first-order valence-electron chi connectivity index (χ1n) is 5.66. The Balaban J connectivity index is 3.32. The monoisotopic (exact) mass is 253 g/mol. The van der Waals surface area contributed by atoms with Crippen molar-refractivity contribution in [2.45, 2.75) is 38.5 Å². The van der Waals surface area contributed by atoms with E-state index in [2.05, 4.69) is 0 Å². The van der Waals surface area contributed by atoms with Crippen molar-refractivity contribution in [3.8, 4) is 11.8 Å². The zero-order chi connectivity index (χ0) is 14.0. The summed E-state index contributed by atoms with van der Waals surface area (Å²) in [7, 11) is 1.51. The molecular weight excluding hydrogens is 236 g/mol. The van der Waals surface area contributed by atoms with E-state index in [4.69, 9.17) is 10.00 Å². The van der Waals surface area contributed by atoms with Gasteiger partial charge < -0.3 is 4.74 Å². The first-order chi connectivity index (χ1) is 8.22. The summed E-state index contributed by atoms with van der Waals surface area (Å²) < 4.78 is 32.6. The maximum absolute atomic E-state index is 13.7. The van der Waals surface area contributed by atoms with E-state index < -0.39 is 12.3 Å². The second-order valence-electron chi connectivity index (χ2n) is 5.20. The van der Waals surface area contributed by atoms with Gasteiger partial charge in [0.25, 0.3) is 5.92 Å². The molecule has 1 aromatic rings. The molecule has 0 aromatic heterocycles. The van der Waals surface area contributed by atoms with Crippen LogP contribution in [0.3, 0.4) is 0 Å². The van der Waals surface area contributed by atoms with Gasteiger partial charge >= 0.3 is 0 Å². The molecular formula is C14H17F2NO. The third-order valence-electron chi connectivity index (χ3n) is 2.73. The molecule has 0 bridgehead atoms. The second kappa shape index (κ2) is 4.93. The highest BCUT2D eigenvalue weighted by Gasteiger charge is 2.33. The molecule has 0 unspecified atom stereocenters. The van der Waals surface area contributed by atoms with Gasteiger partial charge in [-0.2, -0.15) is 5.26 Å². The van der Waals surface area contributed by atoms with Crippen molar-refractivity contribution in [2.75, 3.05) is 7.11 Å². The minimum absolute atomic E-state index is 0.144. The first kappa shape index (κ1) is 14.4. The Morgan fingerprint density at radius 3 is 2.33 bits per heavy atom. The summed E-state index contributed by atoms with van der Waals surface area (Å²) in [6.45, 7) is 5.78. The highest BCUT2D eigenvalue weighted by atomic mass is 19.3. The molecule has 0 radical (unpaired) electrons. The smallest absolute Gasteiger partial charge is 0.286 e. The number of alkyl halides is 2. The summed E-state index contributed by atoms with van der Waals surface area (Å²) in [5.41, 5.74) is 0.263. The molecule has 4 heteroatoms. The zero-order valence-electron chi connectivity index (χ0n) is 11.1. The van der Waals surface area contributed by atoms with Crippen molar-refractivity contribution >= 4 is 0 Å². The Bertz CT molecular complexity index is 470. The van der Waals surface area contributed by atoms with Crippen molar-refractivity contribution in [1.29, 1.82) is 5.26 Å². The molecule has 0 fully saturated rings. The van der Waals surface area contributed by atoms with E-state index in [1.807, 2.05) is 20.8 Å². The Kier molecular flexibility index (Phi) is 3.95. The molecule has 0 aliphatic rings. The minimum Gasteiger partial charge on any atom is -0.496 e. The Labute approximate surface area is 106 Å². The molecule has 0 spiro atoms. The molecule has 0 saturated heterocycles. The van der Waals surface area contributed by atoms with Crippen LogP contribution >= 0.6 is 0 Å². The fourth-order valence-corrected chi connectivity index (χ4v) is 1.72. The van der Waals surface area contributed by atoms with Crippen molar-refractivity contribution < 1.29 is 13.5 Å². The van der Waals surface area contributed by atoms with Gasteiger partial charge in [0, 0.05) is 5.56 Å². The van der Waals surface area contributed by atoms with E-state index in [1.54, 1.807) is 0 Å².